The van der Waals surface area contributed by atoms with Crippen molar-refractivity contribution < 1.29 is 9.53 Å². The van der Waals surface area contributed by atoms with Crippen molar-refractivity contribution in [2.45, 2.75) is 13.3 Å². The van der Waals surface area contributed by atoms with Crippen molar-refractivity contribution >= 4 is 22.9 Å². The van der Waals surface area contributed by atoms with E-state index in [1.54, 1.807) is 12.3 Å². The Labute approximate surface area is 147 Å². The van der Waals surface area contributed by atoms with E-state index in [0.29, 0.717) is 12.2 Å². The molecule has 0 unspecified atom stereocenters. The molecule has 126 valence electrons. The van der Waals surface area contributed by atoms with Gasteiger partial charge in [-0.1, -0.05) is 55.5 Å². The molecule has 0 radical (unpaired) electrons. The fraction of sp³-hybridized carbons (Fsp3) is 0.143. The number of rotatable bonds is 6. The maximum Gasteiger partial charge on any atom is 0.271 e. The van der Waals surface area contributed by atoms with Crippen molar-refractivity contribution in [2.75, 3.05) is 6.61 Å². The molecule has 3 rings (SSSR count). The Bertz CT molecular complexity index is 898. The summed E-state index contributed by atoms with van der Waals surface area (Å²) >= 11 is 0. The van der Waals surface area contributed by atoms with E-state index in [9.17, 15) is 4.79 Å². The van der Waals surface area contributed by atoms with Gasteiger partial charge in [0.05, 0.1) is 12.8 Å². The minimum atomic E-state index is -0.236. The summed E-state index contributed by atoms with van der Waals surface area (Å²) in [5.41, 5.74) is 4.03. The molecule has 4 heteroatoms. The van der Waals surface area contributed by atoms with Crippen LogP contribution in [-0.4, -0.2) is 18.7 Å². The normalized spacial score (nSPS) is 10.9. The Morgan fingerprint density at radius 1 is 1.04 bits per heavy atom. The number of nitrogens with one attached hydrogen (secondary N) is 1. The first kappa shape index (κ1) is 16.7. The van der Waals surface area contributed by atoms with E-state index >= 15 is 0 Å². The van der Waals surface area contributed by atoms with Gasteiger partial charge in [0.2, 0.25) is 0 Å². The molecule has 0 saturated heterocycles. The van der Waals surface area contributed by atoms with Crippen LogP contribution in [0.5, 0.6) is 5.75 Å². The lowest BCUT2D eigenvalue weighted by Crippen LogP contribution is -2.18. The van der Waals surface area contributed by atoms with E-state index in [2.05, 4.69) is 17.5 Å². The van der Waals surface area contributed by atoms with Crippen LogP contribution in [0.2, 0.25) is 0 Å². The molecular formula is C21H20N2O2. The fourth-order valence-corrected chi connectivity index (χ4v) is 2.57. The third-order valence-electron chi connectivity index (χ3n) is 3.78. The summed E-state index contributed by atoms with van der Waals surface area (Å²) in [5.74, 6) is 0.521. The minimum absolute atomic E-state index is 0.236. The zero-order chi connectivity index (χ0) is 17.5. The zero-order valence-electron chi connectivity index (χ0n) is 14.1. The van der Waals surface area contributed by atoms with E-state index in [4.69, 9.17) is 4.74 Å². The monoisotopic (exact) mass is 332 g/mol. The molecule has 1 amide bonds. The van der Waals surface area contributed by atoms with Crippen molar-refractivity contribution in [3.05, 3.63) is 77.9 Å². The maximum atomic E-state index is 12.4. The lowest BCUT2D eigenvalue weighted by Gasteiger charge is -2.07. The van der Waals surface area contributed by atoms with Crippen LogP contribution in [0.3, 0.4) is 0 Å². The van der Waals surface area contributed by atoms with Crippen LogP contribution in [0.15, 0.2) is 71.8 Å². The predicted octanol–water partition coefficient (Wildman–Crippen LogP) is 4.39. The van der Waals surface area contributed by atoms with Crippen LogP contribution in [0, 0.1) is 0 Å². The summed E-state index contributed by atoms with van der Waals surface area (Å²) < 4.78 is 5.68. The Kier molecular flexibility index (Phi) is 5.42. The lowest BCUT2D eigenvalue weighted by atomic mass is 10.0. The molecule has 0 aliphatic rings. The topological polar surface area (TPSA) is 50.7 Å². The number of hydrogen-bond donors (Lipinski definition) is 1. The molecule has 1 N–H and O–H groups in total. The SMILES string of the molecule is CCCOc1ccccc1C=NNC(=O)c1cccc2ccccc12. The van der Waals surface area contributed by atoms with E-state index in [1.807, 2.05) is 60.7 Å². The number of benzene rings is 3. The zero-order valence-corrected chi connectivity index (χ0v) is 14.1. The smallest absolute Gasteiger partial charge is 0.271 e. The first-order valence-electron chi connectivity index (χ1n) is 8.32. The van der Waals surface area contributed by atoms with Crippen molar-refractivity contribution in [3.63, 3.8) is 0 Å². The van der Waals surface area contributed by atoms with Crippen LogP contribution in [0.25, 0.3) is 10.8 Å². The van der Waals surface area contributed by atoms with Gasteiger partial charge in [0.25, 0.3) is 5.91 Å². The Morgan fingerprint density at radius 2 is 1.80 bits per heavy atom. The average molecular weight is 332 g/mol. The molecule has 0 aliphatic heterocycles. The highest BCUT2D eigenvalue weighted by molar-refractivity contribution is 6.07. The molecule has 0 atom stereocenters. The van der Waals surface area contributed by atoms with Crippen LogP contribution in [0.1, 0.15) is 29.3 Å². The number of carbonyl (C=O) groups excluding carboxylic acids is 1. The molecule has 0 saturated carbocycles. The van der Waals surface area contributed by atoms with Gasteiger partial charge in [-0.2, -0.15) is 5.10 Å². The van der Waals surface area contributed by atoms with Gasteiger partial charge in [0, 0.05) is 11.1 Å². The Morgan fingerprint density at radius 3 is 2.68 bits per heavy atom. The second-order valence-electron chi connectivity index (χ2n) is 5.61. The molecule has 3 aromatic carbocycles. The third-order valence-corrected chi connectivity index (χ3v) is 3.78. The molecule has 0 aliphatic carbocycles. The van der Waals surface area contributed by atoms with Gasteiger partial charge in [-0.15, -0.1) is 0 Å². The molecule has 3 aromatic rings. The van der Waals surface area contributed by atoms with Crippen LogP contribution in [0.4, 0.5) is 0 Å². The largest absolute Gasteiger partial charge is 0.493 e. The fourth-order valence-electron chi connectivity index (χ4n) is 2.57. The van der Waals surface area contributed by atoms with E-state index in [-0.39, 0.29) is 5.91 Å². The number of hydrogen-bond acceptors (Lipinski definition) is 3. The Balaban J connectivity index is 1.75. The van der Waals surface area contributed by atoms with Crippen LogP contribution >= 0.6 is 0 Å². The first-order chi connectivity index (χ1) is 12.3. The third kappa shape index (κ3) is 4.04. The van der Waals surface area contributed by atoms with Crippen molar-refractivity contribution in [1.82, 2.24) is 5.43 Å². The summed E-state index contributed by atoms with van der Waals surface area (Å²) in [6.45, 7) is 2.70. The molecule has 0 heterocycles. The molecule has 4 nitrogen and oxygen atoms in total. The van der Waals surface area contributed by atoms with Crippen molar-refractivity contribution in [2.24, 2.45) is 5.10 Å². The number of amides is 1. The summed E-state index contributed by atoms with van der Waals surface area (Å²) in [7, 11) is 0. The van der Waals surface area contributed by atoms with Gasteiger partial charge in [0.1, 0.15) is 5.75 Å². The Hall–Kier alpha value is -3.14. The number of fused-ring (bicyclic) bond motifs is 1. The van der Waals surface area contributed by atoms with Gasteiger partial charge in [-0.3, -0.25) is 4.79 Å². The number of hydrazone groups is 1. The number of para-hydroxylation sites is 1. The van der Waals surface area contributed by atoms with E-state index in [0.717, 1.165) is 28.5 Å². The second-order valence-corrected chi connectivity index (χ2v) is 5.61. The van der Waals surface area contributed by atoms with Gasteiger partial charge in [-0.05, 0) is 35.4 Å². The molecule has 25 heavy (non-hydrogen) atoms. The molecular weight excluding hydrogens is 312 g/mol. The molecule has 0 bridgehead atoms. The lowest BCUT2D eigenvalue weighted by molar-refractivity contribution is 0.0957. The van der Waals surface area contributed by atoms with Gasteiger partial charge >= 0.3 is 0 Å². The maximum absolute atomic E-state index is 12.4. The van der Waals surface area contributed by atoms with E-state index in [1.165, 1.54) is 0 Å². The standard InChI is InChI=1S/C21H20N2O2/c1-2-14-25-20-13-6-4-9-17(20)15-22-23-21(24)19-12-7-10-16-8-3-5-11-18(16)19/h3-13,15H,2,14H2,1H3,(H,23,24). The van der Waals surface area contributed by atoms with Crippen LogP contribution in [-0.2, 0) is 0 Å². The average Bonchev–Trinajstić information content (AvgIpc) is 2.66. The number of nitrogens with zero attached hydrogens (tertiary/aromatic N) is 1. The van der Waals surface area contributed by atoms with Crippen LogP contribution < -0.4 is 10.2 Å². The highest BCUT2D eigenvalue weighted by Gasteiger charge is 2.08. The van der Waals surface area contributed by atoms with Gasteiger partial charge in [0.15, 0.2) is 0 Å². The number of carbonyl (C=O) groups is 1. The summed E-state index contributed by atoms with van der Waals surface area (Å²) in [5, 5.41) is 6.02. The molecule has 0 fully saturated rings. The minimum Gasteiger partial charge on any atom is -0.493 e. The second kappa shape index (κ2) is 8.11. The van der Waals surface area contributed by atoms with E-state index < -0.39 is 0 Å². The molecule has 0 aromatic heterocycles. The summed E-state index contributed by atoms with van der Waals surface area (Å²) in [6.07, 6.45) is 2.54. The van der Waals surface area contributed by atoms with Gasteiger partial charge in [-0.25, -0.2) is 5.43 Å². The molecule has 0 spiro atoms. The van der Waals surface area contributed by atoms with Crippen molar-refractivity contribution in [3.8, 4) is 5.75 Å². The predicted molar refractivity (Wildman–Crippen MR) is 101 cm³/mol. The first-order valence-corrected chi connectivity index (χ1v) is 8.32. The highest BCUT2D eigenvalue weighted by Crippen LogP contribution is 2.18. The number of ether oxygens (including phenoxy) is 1. The quantitative estimate of drug-likeness (QED) is 0.537. The summed E-state index contributed by atoms with van der Waals surface area (Å²) in [4.78, 5) is 12.4. The highest BCUT2D eigenvalue weighted by atomic mass is 16.5. The van der Waals surface area contributed by atoms with Crippen molar-refractivity contribution in [1.29, 1.82) is 0 Å². The summed E-state index contributed by atoms with van der Waals surface area (Å²) in [6, 6.07) is 21.1. The van der Waals surface area contributed by atoms with Gasteiger partial charge < -0.3 is 4.74 Å².